The lowest BCUT2D eigenvalue weighted by molar-refractivity contribution is -0.148. The quantitative estimate of drug-likeness (QED) is 0.0322. The van der Waals surface area contributed by atoms with Crippen LogP contribution in [0, 0.1) is 0 Å². The van der Waals surface area contributed by atoms with Crippen LogP contribution in [0.25, 0.3) is 0 Å². The fraction of sp³-hybridized carbons (Fsp3) is 0.719. The summed E-state index contributed by atoms with van der Waals surface area (Å²) in [4.78, 5) is 26.1. The Morgan fingerprint density at radius 2 is 0.905 bits per heavy atom. The zero-order valence-corrected chi connectivity index (χ0v) is 41.2. The van der Waals surface area contributed by atoms with Gasteiger partial charge in [0.05, 0.1) is 25.2 Å². The number of hydrogen-bond acceptors (Lipinski definition) is 5. The van der Waals surface area contributed by atoms with Crippen molar-refractivity contribution < 1.29 is 24.5 Å². The maximum atomic E-state index is 13.2. The highest BCUT2D eigenvalue weighted by Crippen LogP contribution is 2.16. The van der Waals surface area contributed by atoms with Crippen LogP contribution in [-0.2, 0) is 14.3 Å². The summed E-state index contributed by atoms with van der Waals surface area (Å²) in [6, 6.07) is -0.748. The van der Waals surface area contributed by atoms with E-state index in [1.54, 1.807) is 6.08 Å². The minimum Gasteiger partial charge on any atom is -0.458 e. The van der Waals surface area contributed by atoms with Crippen LogP contribution in [0.5, 0.6) is 0 Å². The van der Waals surface area contributed by atoms with Crippen LogP contribution < -0.4 is 5.32 Å². The average Bonchev–Trinajstić information content (AvgIpc) is 3.28. The van der Waals surface area contributed by atoms with Gasteiger partial charge < -0.3 is 20.3 Å². The molecule has 0 radical (unpaired) electrons. The lowest BCUT2D eigenvalue weighted by Crippen LogP contribution is -2.46. The molecule has 0 bridgehead atoms. The van der Waals surface area contributed by atoms with Crippen LogP contribution in [0.3, 0.4) is 0 Å². The molecule has 0 spiro atoms. The fourth-order valence-electron chi connectivity index (χ4n) is 7.47. The van der Waals surface area contributed by atoms with E-state index in [-0.39, 0.29) is 24.9 Å². The summed E-state index contributed by atoms with van der Waals surface area (Å²) in [5.74, 6) is -0.644. The van der Waals surface area contributed by atoms with Crippen LogP contribution in [0.1, 0.15) is 239 Å². The number of aliphatic hydroxyl groups excluding tert-OH is 2. The van der Waals surface area contributed by atoms with Crippen LogP contribution >= 0.6 is 0 Å². The molecule has 0 saturated carbocycles. The molecule has 3 N–H and O–H groups in total. The number of esters is 1. The second-order valence-corrected chi connectivity index (χ2v) is 17.5. The predicted octanol–water partition coefficient (Wildman–Crippen LogP) is 16.0. The van der Waals surface area contributed by atoms with Gasteiger partial charge in [0.15, 0.2) is 0 Å². The molecule has 0 aromatic heterocycles. The van der Waals surface area contributed by atoms with Gasteiger partial charge in [-0.25, -0.2) is 0 Å². The molecule has 0 fully saturated rings. The number of carbonyl (C=O) groups excluding carboxylic acids is 2. The second-order valence-electron chi connectivity index (χ2n) is 17.5. The van der Waals surface area contributed by atoms with Gasteiger partial charge in [-0.15, -0.1) is 0 Å². The van der Waals surface area contributed by atoms with Crippen molar-refractivity contribution in [1.29, 1.82) is 0 Å². The number of rotatable bonds is 46. The molecule has 0 aliphatic rings. The molecule has 0 aromatic carbocycles. The summed E-state index contributed by atoms with van der Waals surface area (Å²) in [5, 5.41) is 23.7. The fourth-order valence-corrected chi connectivity index (χ4v) is 7.47. The van der Waals surface area contributed by atoms with Gasteiger partial charge in [0, 0.05) is 6.42 Å². The summed E-state index contributed by atoms with van der Waals surface area (Å²) < 4.78 is 5.81. The molecule has 63 heavy (non-hydrogen) atoms. The average molecular weight is 878 g/mol. The zero-order chi connectivity index (χ0) is 45.9. The molecule has 0 rings (SSSR count). The highest BCUT2D eigenvalue weighted by Gasteiger charge is 2.23. The van der Waals surface area contributed by atoms with Gasteiger partial charge in [-0.1, -0.05) is 235 Å². The van der Waals surface area contributed by atoms with E-state index < -0.39 is 18.2 Å². The van der Waals surface area contributed by atoms with E-state index in [9.17, 15) is 19.8 Å². The van der Waals surface area contributed by atoms with Crippen molar-refractivity contribution in [3.63, 3.8) is 0 Å². The number of aliphatic hydroxyl groups is 2. The minimum atomic E-state index is -0.824. The SMILES string of the molecule is CC/C=C\C/C=C\C/C=C\C/C=C\C/C=C\C/C=C\C(CC(=O)NC(CO)C(O)CCCCCCCCCCCCCCCCCC)OC(=O)CCCCCCC/C=C\CCCC. The summed E-state index contributed by atoms with van der Waals surface area (Å²) >= 11 is 0. The Balaban J connectivity index is 4.72. The van der Waals surface area contributed by atoms with Gasteiger partial charge in [-0.2, -0.15) is 0 Å². The third-order valence-corrected chi connectivity index (χ3v) is 11.5. The summed E-state index contributed by atoms with van der Waals surface area (Å²) in [5.41, 5.74) is 0. The van der Waals surface area contributed by atoms with E-state index in [0.29, 0.717) is 19.3 Å². The van der Waals surface area contributed by atoms with Gasteiger partial charge in [0.1, 0.15) is 6.10 Å². The predicted molar refractivity (Wildman–Crippen MR) is 273 cm³/mol. The molecule has 6 heteroatoms. The number of unbranched alkanes of at least 4 members (excludes halogenated alkanes) is 22. The number of ether oxygens (including phenoxy) is 1. The van der Waals surface area contributed by atoms with Crippen molar-refractivity contribution in [3.8, 4) is 0 Å². The molecule has 0 heterocycles. The monoisotopic (exact) mass is 878 g/mol. The van der Waals surface area contributed by atoms with Crippen molar-refractivity contribution in [3.05, 3.63) is 85.1 Å². The van der Waals surface area contributed by atoms with Crippen LogP contribution in [-0.4, -0.2) is 46.9 Å². The molecule has 0 aliphatic carbocycles. The van der Waals surface area contributed by atoms with Crippen molar-refractivity contribution in [2.24, 2.45) is 0 Å². The van der Waals surface area contributed by atoms with Crippen LogP contribution in [0.15, 0.2) is 85.1 Å². The second kappa shape index (κ2) is 50.0. The Morgan fingerprint density at radius 3 is 1.38 bits per heavy atom. The van der Waals surface area contributed by atoms with E-state index in [4.69, 9.17) is 4.74 Å². The number of hydrogen-bond donors (Lipinski definition) is 3. The molecule has 0 aromatic rings. The number of carbonyl (C=O) groups is 2. The Morgan fingerprint density at radius 1 is 0.492 bits per heavy atom. The first-order chi connectivity index (χ1) is 31.0. The van der Waals surface area contributed by atoms with E-state index in [0.717, 1.165) is 83.5 Å². The minimum absolute atomic E-state index is 0.0536. The van der Waals surface area contributed by atoms with Gasteiger partial charge in [0.25, 0.3) is 0 Å². The third kappa shape index (κ3) is 45.4. The van der Waals surface area contributed by atoms with Crippen molar-refractivity contribution in [2.45, 2.75) is 257 Å². The molecule has 0 aliphatic heterocycles. The van der Waals surface area contributed by atoms with Gasteiger partial charge in [-0.3, -0.25) is 9.59 Å². The number of nitrogens with one attached hydrogen (secondary N) is 1. The highest BCUT2D eigenvalue weighted by atomic mass is 16.5. The summed E-state index contributed by atoms with van der Waals surface area (Å²) in [7, 11) is 0. The molecule has 1 amide bonds. The van der Waals surface area contributed by atoms with Crippen molar-refractivity contribution in [1.82, 2.24) is 5.32 Å². The normalized spacial score (nSPS) is 13.9. The maximum absolute atomic E-state index is 13.2. The van der Waals surface area contributed by atoms with Gasteiger partial charge in [0.2, 0.25) is 5.91 Å². The molecule has 6 nitrogen and oxygen atoms in total. The maximum Gasteiger partial charge on any atom is 0.306 e. The van der Waals surface area contributed by atoms with Crippen LogP contribution in [0.2, 0.25) is 0 Å². The van der Waals surface area contributed by atoms with Gasteiger partial charge >= 0.3 is 5.97 Å². The third-order valence-electron chi connectivity index (χ3n) is 11.5. The van der Waals surface area contributed by atoms with E-state index in [1.165, 1.54) is 109 Å². The molecular weight excluding hydrogens is 779 g/mol. The van der Waals surface area contributed by atoms with E-state index in [1.807, 2.05) is 6.08 Å². The molecule has 3 unspecified atom stereocenters. The Kier molecular flexibility index (Phi) is 47.7. The van der Waals surface area contributed by atoms with Crippen molar-refractivity contribution >= 4 is 11.9 Å². The smallest absolute Gasteiger partial charge is 0.306 e. The standard InChI is InChI=1S/C57H99NO5/c1-4-7-10-13-16-19-22-24-26-28-29-31-34-36-39-42-45-48-53(63-57(62)50-47-44-41-38-33-21-18-15-12-9-6-3)51-56(61)58-54(52-59)55(60)49-46-43-40-37-35-32-30-27-25-23-20-17-14-11-8-5-2/h7,10,15-16,18-19,24,26,29,31,36,39,45,48,53-55,59-60H,4-6,8-9,11-14,17,20-23,25,27-28,30,32-35,37-38,40-44,46-47,49-52H2,1-3H3,(H,58,61)/b10-7-,18-15-,19-16-,26-24-,31-29-,39-36-,48-45-. The Labute approximate surface area is 389 Å². The lowest BCUT2D eigenvalue weighted by atomic mass is 10.0. The van der Waals surface area contributed by atoms with Crippen molar-refractivity contribution in [2.75, 3.05) is 6.61 Å². The lowest BCUT2D eigenvalue weighted by Gasteiger charge is -2.23. The highest BCUT2D eigenvalue weighted by molar-refractivity contribution is 5.78. The first-order valence-electron chi connectivity index (χ1n) is 26.3. The largest absolute Gasteiger partial charge is 0.458 e. The number of amides is 1. The van der Waals surface area contributed by atoms with E-state index >= 15 is 0 Å². The summed E-state index contributed by atoms with van der Waals surface area (Å²) in [6.07, 6.45) is 65.3. The summed E-state index contributed by atoms with van der Waals surface area (Å²) in [6.45, 7) is 6.30. The Bertz CT molecular complexity index is 1210. The molecular formula is C57H99NO5. The molecule has 0 saturated heterocycles. The zero-order valence-electron chi connectivity index (χ0n) is 41.2. The molecule has 3 atom stereocenters. The first kappa shape index (κ1) is 60.0. The van der Waals surface area contributed by atoms with Crippen LogP contribution in [0.4, 0.5) is 0 Å². The van der Waals surface area contributed by atoms with Gasteiger partial charge in [-0.05, 0) is 76.7 Å². The van der Waals surface area contributed by atoms with E-state index in [2.05, 4.69) is 99.0 Å². The molecule has 362 valence electrons. The topological polar surface area (TPSA) is 95.9 Å². The number of allylic oxidation sites excluding steroid dienone is 13. The first-order valence-corrected chi connectivity index (χ1v) is 26.3. The Hall–Kier alpha value is -2.96.